The van der Waals surface area contributed by atoms with Gasteiger partial charge in [-0.25, -0.2) is 8.78 Å². The molecule has 1 saturated heterocycles. The molecule has 0 spiro atoms. The van der Waals surface area contributed by atoms with Gasteiger partial charge in [-0.1, -0.05) is 6.92 Å². The van der Waals surface area contributed by atoms with Gasteiger partial charge in [-0.15, -0.1) is 0 Å². The molecule has 1 aromatic heterocycles. The maximum Gasteiger partial charge on any atom is 0.184 e. The third-order valence-corrected chi connectivity index (χ3v) is 4.45. The van der Waals surface area contributed by atoms with Crippen molar-refractivity contribution in [3.63, 3.8) is 0 Å². The maximum atomic E-state index is 14.0. The van der Waals surface area contributed by atoms with Crippen molar-refractivity contribution in [1.82, 2.24) is 14.5 Å². The number of likely N-dealkylation sites (N-methyl/N-ethyl adjacent to an activating group) is 1. The molecule has 0 aliphatic carbocycles. The van der Waals surface area contributed by atoms with Crippen molar-refractivity contribution in [3.05, 3.63) is 28.5 Å². The van der Waals surface area contributed by atoms with Gasteiger partial charge in [0.1, 0.15) is 5.52 Å². The topological polar surface area (TPSA) is 24.0 Å². The molecule has 3 nitrogen and oxygen atoms in total. The fraction of sp³-hybridized carbons (Fsp3) is 0.500. The first kappa shape index (κ1) is 13.7. The Morgan fingerprint density at radius 1 is 1.40 bits per heavy atom. The van der Waals surface area contributed by atoms with Crippen LogP contribution in [0.5, 0.6) is 0 Å². The summed E-state index contributed by atoms with van der Waals surface area (Å²) >= 11 is 5.27. The van der Waals surface area contributed by atoms with E-state index in [1.165, 1.54) is 6.07 Å². The molecule has 2 heterocycles. The summed E-state index contributed by atoms with van der Waals surface area (Å²) in [6.07, 6.45) is 2.21. The summed E-state index contributed by atoms with van der Waals surface area (Å²) in [4.78, 5) is 5.31. The van der Waals surface area contributed by atoms with Crippen LogP contribution in [0.15, 0.2) is 12.1 Å². The standard InChI is InChI=1S/C14H17F2N3S/c1-2-18-7-3-4-9(18)8-19-13-11(17-14(19)20)6-5-10(15)12(13)16/h5-6,9H,2-4,7-8H2,1H3,(H,17,20). The van der Waals surface area contributed by atoms with Crippen molar-refractivity contribution < 1.29 is 8.78 Å². The number of aromatic nitrogens is 2. The average Bonchev–Trinajstić information content (AvgIpc) is 3.00. The second-order valence-electron chi connectivity index (χ2n) is 5.22. The SMILES string of the molecule is CCN1CCCC1Cn1c(=S)[nH]c2ccc(F)c(F)c21. The lowest BCUT2D eigenvalue weighted by molar-refractivity contribution is 0.245. The molecule has 2 aromatic rings. The van der Waals surface area contributed by atoms with Gasteiger partial charge in [0.05, 0.1) is 5.52 Å². The van der Waals surface area contributed by atoms with Crippen LogP contribution in [-0.2, 0) is 6.54 Å². The lowest BCUT2D eigenvalue weighted by atomic mass is 10.2. The molecule has 0 bridgehead atoms. The molecule has 6 heteroatoms. The number of aromatic amines is 1. The van der Waals surface area contributed by atoms with Gasteiger partial charge in [0.25, 0.3) is 0 Å². The van der Waals surface area contributed by atoms with Crippen molar-refractivity contribution in [3.8, 4) is 0 Å². The van der Waals surface area contributed by atoms with Crippen molar-refractivity contribution in [1.29, 1.82) is 0 Å². The molecule has 1 unspecified atom stereocenters. The zero-order valence-electron chi connectivity index (χ0n) is 11.3. The number of fused-ring (bicyclic) bond motifs is 1. The number of imidazole rings is 1. The van der Waals surface area contributed by atoms with Gasteiger partial charge in [-0.2, -0.15) is 0 Å². The Morgan fingerprint density at radius 2 is 2.20 bits per heavy atom. The third-order valence-electron chi connectivity index (χ3n) is 4.12. The second kappa shape index (κ2) is 5.26. The predicted octanol–water partition coefficient (Wildman–Crippen LogP) is 3.46. The van der Waals surface area contributed by atoms with Gasteiger partial charge in [-0.05, 0) is 50.3 Å². The summed E-state index contributed by atoms with van der Waals surface area (Å²) in [5.74, 6) is -1.66. The molecule has 0 radical (unpaired) electrons. The van der Waals surface area contributed by atoms with E-state index in [1.54, 1.807) is 4.57 Å². The number of H-pyrrole nitrogens is 1. The Morgan fingerprint density at radius 3 is 2.95 bits per heavy atom. The van der Waals surface area contributed by atoms with Crippen molar-refractivity contribution in [2.24, 2.45) is 0 Å². The minimum Gasteiger partial charge on any atom is -0.330 e. The maximum absolute atomic E-state index is 14.0. The highest BCUT2D eigenvalue weighted by atomic mass is 32.1. The smallest absolute Gasteiger partial charge is 0.184 e. The number of hydrogen-bond acceptors (Lipinski definition) is 2. The molecular weight excluding hydrogens is 280 g/mol. The van der Waals surface area contributed by atoms with Crippen LogP contribution in [-0.4, -0.2) is 33.6 Å². The first-order chi connectivity index (χ1) is 9.61. The summed E-state index contributed by atoms with van der Waals surface area (Å²) in [5.41, 5.74) is 0.799. The zero-order chi connectivity index (χ0) is 14.3. The molecular formula is C14H17F2N3S. The summed E-state index contributed by atoms with van der Waals surface area (Å²) in [6.45, 7) is 4.75. The zero-order valence-corrected chi connectivity index (χ0v) is 12.1. The molecule has 0 amide bonds. The molecule has 1 aliphatic rings. The molecule has 3 rings (SSSR count). The Labute approximate surface area is 121 Å². The van der Waals surface area contributed by atoms with Crippen molar-refractivity contribution in [2.75, 3.05) is 13.1 Å². The van der Waals surface area contributed by atoms with Gasteiger partial charge in [0, 0.05) is 12.6 Å². The molecule has 1 atom stereocenters. The quantitative estimate of drug-likeness (QED) is 0.877. The van der Waals surface area contributed by atoms with E-state index < -0.39 is 11.6 Å². The normalized spacial score (nSPS) is 20.1. The van der Waals surface area contributed by atoms with Crippen LogP contribution in [0.3, 0.4) is 0 Å². The van der Waals surface area contributed by atoms with E-state index in [2.05, 4.69) is 16.8 Å². The Kier molecular flexibility index (Phi) is 3.60. The van der Waals surface area contributed by atoms with Crippen LogP contribution in [0.1, 0.15) is 19.8 Å². The fourth-order valence-electron chi connectivity index (χ4n) is 3.09. The Bertz CT molecular complexity index is 692. The number of halogens is 2. The summed E-state index contributed by atoms with van der Waals surface area (Å²) in [6, 6.07) is 3.00. The van der Waals surface area contributed by atoms with Gasteiger partial charge >= 0.3 is 0 Å². The van der Waals surface area contributed by atoms with E-state index in [0.717, 1.165) is 32.0 Å². The lowest BCUT2D eigenvalue weighted by Gasteiger charge is -2.23. The summed E-state index contributed by atoms with van der Waals surface area (Å²) < 4.78 is 29.6. The van der Waals surface area contributed by atoms with E-state index in [1.807, 2.05) is 0 Å². The predicted molar refractivity (Wildman–Crippen MR) is 77.3 cm³/mol. The number of benzene rings is 1. The van der Waals surface area contributed by atoms with Crippen LogP contribution in [0.2, 0.25) is 0 Å². The minimum absolute atomic E-state index is 0.248. The molecule has 0 saturated carbocycles. The largest absolute Gasteiger partial charge is 0.330 e. The summed E-state index contributed by atoms with van der Waals surface area (Å²) in [7, 11) is 0. The average molecular weight is 297 g/mol. The van der Waals surface area contributed by atoms with Crippen LogP contribution >= 0.6 is 12.2 Å². The molecule has 20 heavy (non-hydrogen) atoms. The van der Waals surface area contributed by atoms with E-state index in [0.29, 0.717) is 22.9 Å². The highest BCUT2D eigenvalue weighted by molar-refractivity contribution is 7.71. The molecule has 1 aliphatic heterocycles. The van der Waals surface area contributed by atoms with Gasteiger partial charge in [0.15, 0.2) is 16.4 Å². The van der Waals surface area contributed by atoms with Crippen molar-refractivity contribution in [2.45, 2.75) is 32.4 Å². The summed E-state index contributed by atoms with van der Waals surface area (Å²) in [5, 5.41) is 0. The molecule has 108 valence electrons. The van der Waals surface area contributed by atoms with Gasteiger partial charge in [0.2, 0.25) is 0 Å². The second-order valence-corrected chi connectivity index (χ2v) is 5.61. The van der Waals surface area contributed by atoms with Gasteiger partial charge in [-0.3, -0.25) is 4.90 Å². The van der Waals surface area contributed by atoms with Crippen LogP contribution < -0.4 is 0 Å². The Balaban J connectivity index is 2.05. The number of hydrogen-bond donors (Lipinski definition) is 1. The number of nitrogens with one attached hydrogen (secondary N) is 1. The first-order valence-electron chi connectivity index (χ1n) is 6.92. The number of nitrogens with zero attached hydrogens (tertiary/aromatic N) is 2. The molecule has 1 N–H and O–H groups in total. The monoisotopic (exact) mass is 297 g/mol. The van der Waals surface area contributed by atoms with E-state index in [-0.39, 0.29) is 5.52 Å². The van der Waals surface area contributed by atoms with E-state index in [4.69, 9.17) is 12.2 Å². The van der Waals surface area contributed by atoms with E-state index in [9.17, 15) is 8.78 Å². The van der Waals surface area contributed by atoms with Crippen LogP contribution in [0, 0.1) is 16.4 Å². The number of likely N-dealkylation sites (tertiary alicyclic amines) is 1. The first-order valence-corrected chi connectivity index (χ1v) is 7.33. The lowest BCUT2D eigenvalue weighted by Crippen LogP contribution is -2.32. The highest BCUT2D eigenvalue weighted by Crippen LogP contribution is 2.24. The van der Waals surface area contributed by atoms with Crippen LogP contribution in [0.25, 0.3) is 11.0 Å². The van der Waals surface area contributed by atoms with E-state index >= 15 is 0 Å². The Hall–Kier alpha value is -1.27. The third kappa shape index (κ3) is 2.16. The highest BCUT2D eigenvalue weighted by Gasteiger charge is 2.25. The minimum atomic E-state index is -0.834. The molecule has 1 fully saturated rings. The van der Waals surface area contributed by atoms with Crippen LogP contribution in [0.4, 0.5) is 8.78 Å². The molecule has 1 aromatic carbocycles. The van der Waals surface area contributed by atoms with Crippen molar-refractivity contribution >= 4 is 23.3 Å². The fourth-order valence-corrected chi connectivity index (χ4v) is 3.37. The number of rotatable bonds is 3. The van der Waals surface area contributed by atoms with Gasteiger partial charge < -0.3 is 9.55 Å².